The number of halogens is 1. The lowest BCUT2D eigenvalue weighted by Crippen LogP contribution is -2.46. The minimum atomic E-state index is -0.648. The molecule has 1 aromatic carbocycles. The van der Waals surface area contributed by atoms with Crippen molar-refractivity contribution in [3.8, 4) is 0 Å². The van der Waals surface area contributed by atoms with Crippen LogP contribution in [0, 0.1) is 0 Å². The van der Waals surface area contributed by atoms with Gasteiger partial charge in [0.25, 0.3) is 0 Å². The van der Waals surface area contributed by atoms with Crippen molar-refractivity contribution in [3.05, 3.63) is 34.9 Å². The molecular weight excluding hydrogens is 304 g/mol. The van der Waals surface area contributed by atoms with Crippen molar-refractivity contribution >= 4 is 17.5 Å². The molecule has 0 bridgehead atoms. The van der Waals surface area contributed by atoms with Crippen LogP contribution in [0.4, 0.5) is 0 Å². The summed E-state index contributed by atoms with van der Waals surface area (Å²) in [6.07, 6.45) is -0.447. The lowest BCUT2D eigenvalue weighted by Gasteiger charge is -2.22. The highest BCUT2D eigenvalue weighted by molar-refractivity contribution is 6.30. The molecule has 22 heavy (non-hydrogen) atoms. The normalized spacial score (nSPS) is 13.9. The average Bonchev–Trinajstić information content (AvgIpc) is 2.52. The number of benzene rings is 1. The molecule has 5 nitrogen and oxygen atoms in total. The molecule has 3 N–H and O–H groups in total. The maximum Gasteiger partial charge on any atom is 0.237 e. The maximum absolute atomic E-state index is 12.2. The van der Waals surface area contributed by atoms with Crippen molar-refractivity contribution in [2.75, 3.05) is 19.8 Å². The second-order valence-electron chi connectivity index (χ2n) is 4.95. The SMILES string of the molecule is CCOC(CNC(=O)C(N)C(C)c1ccc(Cl)cc1)OCC. The average molecular weight is 329 g/mol. The molecule has 0 radical (unpaired) electrons. The summed E-state index contributed by atoms with van der Waals surface area (Å²) >= 11 is 5.86. The quantitative estimate of drug-likeness (QED) is 0.682. The zero-order chi connectivity index (χ0) is 16.5. The highest BCUT2D eigenvalue weighted by Gasteiger charge is 2.23. The van der Waals surface area contributed by atoms with Gasteiger partial charge in [0.15, 0.2) is 6.29 Å². The van der Waals surface area contributed by atoms with E-state index >= 15 is 0 Å². The van der Waals surface area contributed by atoms with E-state index in [-0.39, 0.29) is 18.4 Å². The third-order valence-electron chi connectivity index (χ3n) is 3.39. The van der Waals surface area contributed by atoms with Gasteiger partial charge < -0.3 is 20.5 Å². The first-order chi connectivity index (χ1) is 10.5. The second kappa shape index (κ2) is 9.79. The number of hydrogen-bond acceptors (Lipinski definition) is 4. The molecule has 6 heteroatoms. The van der Waals surface area contributed by atoms with Crippen LogP contribution in [0.5, 0.6) is 0 Å². The number of carbonyl (C=O) groups is 1. The largest absolute Gasteiger partial charge is 0.351 e. The van der Waals surface area contributed by atoms with Gasteiger partial charge in [0.2, 0.25) is 5.91 Å². The Kier molecular flexibility index (Phi) is 8.42. The predicted molar refractivity (Wildman–Crippen MR) is 87.9 cm³/mol. The van der Waals surface area contributed by atoms with Crippen LogP contribution in [-0.2, 0) is 14.3 Å². The summed E-state index contributed by atoms with van der Waals surface area (Å²) in [5.74, 6) is -0.346. The minimum absolute atomic E-state index is 0.116. The van der Waals surface area contributed by atoms with E-state index in [2.05, 4.69) is 5.32 Å². The maximum atomic E-state index is 12.2. The van der Waals surface area contributed by atoms with Crippen molar-refractivity contribution in [1.82, 2.24) is 5.32 Å². The number of carbonyl (C=O) groups excluding carboxylic acids is 1. The Morgan fingerprint density at radius 2 is 1.77 bits per heavy atom. The summed E-state index contributed by atoms with van der Waals surface area (Å²) in [5, 5.41) is 3.43. The Morgan fingerprint density at radius 1 is 1.23 bits per heavy atom. The molecule has 0 spiro atoms. The molecule has 1 amide bonds. The molecule has 0 saturated carbocycles. The molecule has 2 unspecified atom stereocenters. The highest BCUT2D eigenvalue weighted by atomic mass is 35.5. The number of rotatable bonds is 9. The van der Waals surface area contributed by atoms with E-state index in [0.717, 1.165) is 5.56 Å². The Labute approximate surface area is 137 Å². The summed E-state index contributed by atoms with van der Waals surface area (Å²) in [6, 6.07) is 6.69. The standard InChI is InChI=1S/C16H25ClN2O3/c1-4-21-14(22-5-2)10-19-16(20)15(18)11(3)12-6-8-13(17)9-7-12/h6-9,11,14-15H,4-5,10,18H2,1-3H3,(H,19,20). The van der Waals surface area contributed by atoms with Gasteiger partial charge in [-0.3, -0.25) is 4.79 Å². The molecule has 0 aliphatic rings. The summed E-state index contributed by atoms with van der Waals surface area (Å²) in [4.78, 5) is 12.2. The van der Waals surface area contributed by atoms with Crippen LogP contribution in [0.15, 0.2) is 24.3 Å². The summed E-state index contributed by atoms with van der Waals surface area (Å²) in [7, 11) is 0. The van der Waals surface area contributed by atoms with Gasteiger partial charge in [0.05, 0.1) is 12.6 Å². The van der Waals surface area contributed by atoms with Crippen molar-refractivity contribution in [2.45, 2.75) is 39.0 Å². The van der Waals surface area contributed by atoms with Crippen molar-refractivity contribution in [2.24, 2.45) is 5.73 Å². The number of amides is 1. The molecule has 1 rings (SSSR count). The van der Waals surface area contributed by atoms with Gasteiger partial charge >= 0.3 is 0 Å². The molecule has 0 aliphatic heterocycles. The van der Waals surface area contributed by atoms with E-state index < -0.39 is 12.3 Å². The van der Waals surface area contributed by atoms with Gasteiger partial charge in [0.1, 0.15) is 0 Å². The van der Waals surface area contributed by atoms with Crippen LogP contribution in [0.3, 0.4) is 0 Å². The number of nitrogens with two attached hydrogens (primary N) is 1. The highest BCUT2D eigenvalue weighted by Crippen LogP contribution is 2.20. The molecular formula is C16H25ClN2O3. The zero-order valence-corrected chi connectivity index (χ0v) is 14.1. The summed E-state index contributed by atoms with van der Waals surface area (Å²) in [5.41, 5.74) is 7.01. The third-order valence-corrected chi connectivity index (χ3v) is 3.64. The molecule has 0 saturated heterocycles. The van der Waals surface area contributed by atoms with Crippen LogP contribution < -0.4 is 11.1 Å². The fourth-order valence-corrected chi connectivity index (χ4v) is 2.17. The van der Waals surface area contributed by atoms with Crippen molar-refractivity contribution in [1.29, 1.82) is 0 Å². The number of nitrogens with one attached hydrogen (secondary N) is 1. The molecule has 2 atom stereocenters. The molecule has 0 aliphatic carbocycles. The van der Waals surface area contributed by atoms with Gasteiger partial charge in [-0.05, 0) is 31.5 Å². The summed E-state index contributed by atoms with van der Waals surface area (Å²) in [6.45, 7) is 6.99. The molecule has 124 valence electrons. The molecule has 0 fully saturated rings. The molecule has 0 heterocycles. The fourth-order valence-electron chi connectivity index (χ4n) is 2.04. The smallest absolute Gasteiger partial charge is 0.237 e. The van der Waals surface area contributed by atoms with E-state index in [1.165, 1.54) is 0 Å². The predicted octanol–water partition coefficient (Wildman–Crippen LogP) is 2.29. The van der Waals surface area contributed by atoms with E-state index in [9.17, 15) is 4.79 Å². The number of ether oxygens (including phenoxy) is 2. The Balaban J connectivity index is 2.54. The molecule has 0 aromatic heterocycles. The van der Waals surface area contributed by atoms with Crippen LogP contribution in [0.1, 0.15) is 32.3 Å². The van der Waals surface area contributed by atoms with Crippen LogP contribution in [0.2, 0.25) is 5.02 Å². The van der Waals surface area contributed by atoms with Crippen molar-refractivity contribution in [3.63, 3.8) is 0 Å². The Morgan fingerprint density at radius 3 is 2.27 bits per heavy atom. The van der Waals surface area contributed by atoms with E-state index in [4.69, 9.17) is 26.8 Å². The van der Waals surface area contributed by atoms with E-state index in [1.54, 1.807) is 12.1 Å². The Hall–Kier alpha value is -1.14. The van der Waals surface area contributed by atoms with E-state index in [1.807, 2.05) is 32.9 Å². The van der Waals surface area contributed by atoms with E-state index in [0.29, 0.717) is 18.2 Å². The van der Waals surface area contributed by atoms with Gasteiger partial charge in [-0.2, -0.15) is 0 Å². The lowest BCUT2D eigenvalue weighted by molar-refractivity contribution is -0.141. The topological polar surface area (TPSA) is 73.6 Å². The summed E-state index contributed by atoms with van der Waals surface area (Å²) < 4.78 is 10.8. The van der Waals surface area contributed by atoms with Crippen LogP contribution in [-0.4, -0.2) is 38.0 Å². The first kappa shape index (κ1) is 18.9. The first-order valence-electron chi connectivity index (χ1n) is 7.51. The van der Waals surface area contributed by atoms with Crippen LogP contribution >= 0.6 is 11.6 Å². The van der Waals surface area contributed by atoms with Gasteiger partial charge in [-0.15, -0.1) is 0 Å². The van der Waals surface area contributed by atoms with Gasteiger partial charge in [0, 0.05) is 24.2 Å². The van der Waals surface area contributed by atoms with Gasteiger partial charge in [-0.25, -0.2) is 0 Å². The lowest BCUT2D eigenvalue weighted by atomic mass is 9.93. The van der Waals surface area contributed by atoms with Crippen molar-refractivity contribution < 1.29 is 14.3 Å². The third kappa shape index (κ3) is 5.93. The second-order valence-corrected chi connectivity index (χ2v) is 5.39. The first-order valence-corrected chi connectivity index (χ1v) is 7.89. The fraction of sp³-hybridized carbons (Fsp3) is 0.562. The molecule has 1 aromatic rings. The van der Waals surface area contributed by atoms with Crippen LogP contribution in [0.25, 0.3) is 0 Å². The zero-order valence-electron chi connectivity index (χ0n) is 13.3. The number of hydrogen-bond donors (Lipinski definition) is 2. The minimum Gasteiger partial charge on any atom is -0.351 e. The van der Waals surface area contributed by atoms with Gasteiger partial charge in [-0.1, -0.05) is 30.7 Å². The monoisotopic (exact) mass is 328 g/mol. The Bertz CT molecular complexity index is 447.